The van der Waals surface area contributed by atoms with Crippen molar-refractivity contribution in [1.82, 2.24) is 5.32 Å². The Kier molecular flexibility index (Phi) is 5.67. The summed E-state index contributed by atoms with van der Waals surface area (Å²) >= 11 is 3.67. The average Bonchev–Trinajstić information content (AvgIpc) is 2.43. The number of benzene rings is 1. The Labute approximate surface area is 123 Å². The largest absolute Gasteiger partial charge is 0.494 e. The van der Waals surface area contributed by atoms with Gasteiger partial charge < -0.3 is 14.8 Å². The first-order chi connectivity index (χ1) is 9.26. The lowest BCUT2D eigenvalue weighted by Gasteiger charge is -2.31. The highest BCUT2D eigenvalue weighted by molar-refractivity contribution is 9.10. The minimum absolute atomic E-state index is 0.369. The molecule has 0 radical (unpaired) electrons. The van der Waals surface area contributed by atoms with Crippen LogP contribution in [0.4, 0.5) is 0 Å². The van der Waals surface area contributed by atoms with Gasteiger partial charge in [0.05, 0.1) is 6.61 Å². The van der Waals surface area contributed by atoms with Crippen molar-refractivity contribution < 1.29 is 9.47 Å². The molecule has 19 heavy (non-hydrogen) atoms. The van der Waals surface area contributed by atoms with Gasteiger partial charge in [0.1, 0.15) is 5.75 Å². The molecule has 1 heterocycles. The molecule has 1 unspecified atom stereocenters. The number of halogens is 1. The van der Waals surface area contributed by atoms with Crippen LogP contribution in [0.5, 0.6) is 5.75 Å². The van der Waals surface area contributed by atoms with E-state index in [1.165, 1.54) is 5.56 Å². The Morgan fingerprint density at radius 1 is 1.42 bits per heavy atom. The van der Waals surface area contributed by atoms with Crippen LogP contribution < -0.4 is 10.1 Å². The van der Waals surface area contributed by atoms with Gasteiger partial charge in [-0.05, 0) is 50.4 Å². The molecular weight excluding hydrogens is 306 g/mol. The van der Waals surface area contributed by atoms with E-state index in [4.69, 9.17) is 9.47 Å². The highest BCUT2D eigenvalue weighted by atomic mass is 79.9. The predicted octanol–water partition coefficient (Wildman–Crippen LogP) is 3.53. The van der Waals surface area contributed by atoms with E-state index in [1.807, 2.05) is 20.0 Å². The Morgan fingerprint density at radius 2 is 2.16 bits per heavy atom. The molecule has 1 saturated heterocycles. The predicted molar refractivity (Wildman–Crippen MR) is 80.7 cm³/mol. The fourth-order valence-corrected chi connectivity index (χ4v) is 3.32. The maximum Gasteiger partial charge on any atom is 0.120 e. The topological polar surface area (TPSA) is 30.5 Å². The number of nitrogens with one attached hydrogen (secondary N) is 1. The van der Waals surface area contributed by atoms with Crippen molar-refractivity contribution in [2.75, 3.05) is 26.9 Å². The molecule has 0 aliphatic carbocycles. The molecule has 0 saturated carbocycles. The lowest BCUT2D eigenvalue weighted by Crippen LogP contribution is -2.30. The van der Waals surface area contributed by atoms with Crippen LogP contribution in [0.1, 0.15) is 31.4 Å². The Balaban J connectivity index is 2.17. The first kappa shape index (κ1) is 14.8. The molecule has 4 heteroatoms. The second kappa shape index (κ2) is 7.27. The zero-order valence-corrected chi connectivity index (χ0v) is 13.2. The van der Waals surface area contributed by atoms with Crippen LogP contribution in [0.2, 0.25) is 0 Å². The van der Waals surface area contributed by atoms with E-state index in [9.17, 15) is 0 Å². The van der Waals surface area contributed by atoms with Crippen molar-refractivity contribution in [2.45, 2.75) is 25.8 Å². The molecule has 1 N–H and O–H groups in total. The smallest absolute Gasteiger partial charge is 0.120 e. The first-order valence-electron chi connectivity index (χ1n) is 6.93. The van der Waals surface area contributed by atoms with Crippen molar-refractivity contribution in [3.63, 3.8) is 0 Å². The van der Waals surface area contributed by atoms with Gasteiger partial charge in [0, 0.05) is 23.7 Å². The maximum atomic E-state index is 5.53. The van der Waals surface area contributed by atoms with Crippen molar-refractivity contribution in [3.8, 4) is 5.75 Å². The van der Waals surface area contributed by atoms with E-state index < -0.39 is 0 Å². The zero-order valence-electron chi connectivity index (χ0n) is 11.6. The summed E-state index contributed by atoms with van der Waals surface area (Å²) in [6, 6.07) is 6.63. The molecule has 3 nitrogen and oxygen atoms in total. The summed E-state index contributed by atoms with van der Waals surface area (Å²) in [5.74, 6) is 1.55. The van der Waals surface area contributed by atoms with E-state index in [-0.39, 0.29) is 0 Å². The number of rotatable bonds is 5. The van der Waals surface area contributed by atoms with Crippen LogP contribution in [-0.2, 0) is 4.74 Å². The Hall–Kier alpha value is -0.580. The highest BCUT2D eigenvalue weighted by Crippen LogP contribution is 2.35. The minimum Gasteiger partial charge on any atom is -0.494 e. The molecule has 1 aliphatic heterocycles. The van der Waals surface area contributed by atoms with Crippen LogP contribution in [-0.4, -0.2) is 26.9 Å². The summed E-state index contributed by atoms with van der Waals surface area (Å²) in [7, 11) is 2.03. The Morgan fingerprint density at radius 3 is 2.74 bits per heavy atom. The Bertz CT molecular complexity index is 405. The second-order valence-electron chi connectivity index (χ2n) is 4.83. The van der Waals surface area contributed by atoms with Gasteiger partial charge in [0.25, 0.3) is 0 Å². The standard InChI is InChI=1S/C15H22BrNO2/c1-3-19-12-4-5-13(14(16)10-12)15(17-2)11-6-8-18-9-7-11/h4-5,10-11,15,17H,3,6-9H2,1-2H3. The van der Waals surface area contributed by atoms with Gasteiger partial charge in [-0.25, -0.2) is 0 Å². The lowest BCUT2D eigenvalue weighted by molar-refractivity contribution is 0.0545. The van der Waals surface area contributed by atoms with Crippen molar-refractivity contribution in [2.24, 2.45) is 5.92 Å². The summed E-state index contributed by atoms with van der Waals surface area (Å²) in [5.41, 5.74) is 1.30. The summed E-state index contributed by atoms with van der Waals surface area (Å²) in [5, 5.41) is 3.45. The number of hydrogen-bond acceptors (Lipinski definition) is 3. The van der Waals surface area contributed by atoms with Crippen LogP contribution >= 0.6 is 15.9 Å². The van der Waals surface area contributed by atoms with Crippen LogP contribution in [0.25, 0.3) is 0 Å². The molecule has 1 fully saturated rings. The molecule has 1 atom stereocenters. The third kappa shape index (κ3) is 3.71. The van der Waals surface area contributed by atoms with Crippen molar-refractivity contribution in [3.05, 3.63) is 28.2 Å². The van der Waals surface area contributed by atoms with Crippen LogP contribution in [0.3, 0.4) is 0 Å². The second-order valence-corrected chi connectivity index (χ2v) is 5.69. The lowest BCUT2D eigenvalue weighted by atomic mass is 9.87. The zero-order chi connectivity index (χ0) is 13.7. The SMILES string of the molecule is CCOc1ccc(C(NC)C2CCOCC2)c(Br)c1. The molecule has 0 spiro atoms. The van der Waals surface area contributed by atoms with E-state index >= 15 is 0 Å². The van der Waals surface area contributed by atoms with E-state index in [0.29, 0.717) is 18.6 Å². The molecule has 2 rings (SSSR count). The van der Waals surface area contributed by atoms with Gasteiger partial charge in [-0.15, -0.1) is 0 Å². The molecule has 0 aromatic heterocycles. The number of hydrogen-bond donors (Lipinski definition) is 1. The van der Waals surface area contributed by atoms with Gasteiger partial charge in [0.15, 0.2) is 0 Å². The summed E-state index contributed by atoms with van der Waals surface area (Å²) < 4.78 is 12.1. The number of ether oxygens (including phenoxy) is 2. The maximum absolute atomic E-state index is 5.53. The fourth-order valence-electron chi connectivity index (χ4n) is 2.71. The first-order valence-corrected chi connectivity index (χ1v) is 7.72. The molecular formula is C15H22BrNO2. The third-order valence-corrected chi connectivity index (χ3v) is 4.35. The molecule has 1 aromatic rings. The normalized spacial score (nSPS) is 18.3. The minimum atomic E-state index is 0.369. The van der Waals surface area contributed by atoms with Crippen LogP contribution in [0, 0.1) is 5.92 Å². The highest BCUT2D eigenvalue weighted by Gasteiger charge is 2.25. The van der Waals surface area contributed by atoms with Crippen LogP contribution in [0.15, 0.2) is 22.7 Å². The van der Waals surface area contributed by atoms with E-state index in [2.05, 4.69) is 33.4 Å². The molecule has 1 aliphatic rings. The van der Waals surface area contributed by atoms with Gasteiger partial charge in [-0.2, -0.15) is 0 Å². The van der Waals surface area contributed by atoms with Gasteiger partial charge in [-0.3, -0.25) is 0 Å². The van der Waals surface area contributed by atoms with Gasteiger partial charge in [-0.1, -0.05) is 22.0 Å². The summed E-state index contributed by atoms with van der Waals surface area (Å²) in [6.07, 6.45) is 2.23. The van der Waals surface area contributed by atoms with Crippen molar-refractivity contribution in [1.29, 1.82) is 0 Å². The van der Waals surface area contributed by atoms with E-state index in [0.717, 1.165) is 36.3 Å². The third-order valence-electron chi connectivity index (χ3n) is 3.67. The van der Waals surface area contributed by atoms with Gasteiger partial charge >= 0.3 is 0 Å². The molecule has 0 bridgehead atoms. The van der Waals surface area contributed by atoms with Gasteiger partial charge in [0.2, 0.25) is 0 Å². The fraction of sp³-hybridized carbons (Fsp3) is 0.600. The molecule has 106 valence electrons. The summed E-state index contributed by atoms with van der Waals surface area (Å²) in [4.78, 5) is 0. The summed E-state index contributed by atoms with van der Waals surface area (Å²) in [6.45, 7) is 4.44. The average molecular weight is 328 g/mol. The van der Waals surface area contributed by atoms with E-state index in [1.54, 1.807) is 0 Å². The monoisotopic (exact) mass is 327 g/mol. The molecule has 1 aromatic carbocycles. The molecule has 0 amide bonds. The quantitative estimate of drug-likeness (QED) is 0.897. The van der Waals surface area contributed by atoms with Crippen molar-refractivity contribution >= 4 is 15.9 Å².